The van der Waals surface area contributed by atoms with Gasteiger partial charge in [0, 0.05) is 23.2 Å². The maximum atomic E-state index is 12.4. The molecule has 2 rings (SSSR count). The second-order valence-corrected chi connectivity index (χ2v) is 5.93. The number of anilines is 1. The van der Waals surface area contributed by atoms with Gasteiger partial charge in [-0.2, -0.15) is 0 Å². The van der Waals surface area contributed by atoms with E-state index in [-0.39, 0.29) is 17.7 Å². The Labute approximate surface area is 132 Å². The number of nitrogens with one attached hydrogen (secondary N) is 1. The molecule has 0 saturated carbocycles. The van der Waals surface area contributed by atoms with Crippen molar-refractivity contribution < 1.29 is 14.2 Å². The Morgan fingerprint density at radius 3 is 2.59 bits per heavy atom. The fourth-order valence-electron chi connectivity index (χ4n) is 2.99. The lowest BCUT2D eigenvalue weighted by atomic mass is 9.97. The second-order valence-electron chi connectivity index (χ2n) is 5.93. The highest BCUT2D eigenvalue weighted by Crippen LogP contribution is 2.28. The summed E-state index contributed by atoms with van der Waals surface area (Å²) in [5.41, 5.74) is 2.71. The van der Waals surface area contributed by atoms with Crippen LogP contribution in [0, 0.1) is 5.92 Å². The molecule has 1 aromatic rings. The smallest absolute Gasteiger partial charge is 0.326 e. The molecule has 1 aliphatic heterocycles. The zero-order valence-corrected chi connectivity index (χ0v) is 13.5. The summed E-state index contributed by atoms with van der Waals surface area (Å²) in [5, 5.41) is 3.03. The average molecular weight is 301 g/mol. The molecule has 0 saturated heterocycles. The number of carbonyl (C=O) groups excluding carboxylic acids is 2. The van der Waals surface area contributed by atoms with Crippen LogP contribution in [-0.2, 0) is 16.0 Å². The van der Waals surface area contributed by atoms with Crippen molar-refractivity contribution in [2.75, 3.05) is 5.32 Å². The minimum atomic E-state index is 0.0373. The van der Waals surface area contributed by atoms with Gasteiger partial charge < -0.3 is 5.32 Å². The monoisotopic (exact) mass is 301 g/mol. The summed E-state index contributed by atoms with van der Waals surface area (Å²) >= 11 is 0. The largest absolute Gasteiger partial charge is 0.392 e. The molecule has 0 spiro atoms. The van der Waals surface area contributed by atoms with Gasteiger partial charge in [0.25, 0.3) is 0 Å². The highest BCUT2D eigenvalue weighted by molar-refractivity contribution is 5.93. The summed E-state index contributed by atoms with van der Waals surface area (Å²) in [6.45, 7) is 8.00. The molecule has 4 heteroatoms. The van der Waals surface area contributed by atoms with Gasteiger partial charge in [-0.15, -0.1) is 4.58 Å². The van der Waals surface area contributed by atoms with Gasteiger partial charge in [-0.1, -0.05) is 26.7 Å². The van der Waals surface area contributed by atoms with Gasteiger partial charge in [-0.05, 0) is 31.4 Å². The van der Waals surface area contributed by atoms with E-state index in [4.69, 9.17) is 0 Å². The zero-order chi connectivity index (χ0) is 16.1. The quantitative estimate of drug-likeness (QED) is 0.815. The summed E-state index contributed by atoms with van der Waals surface area (Å²) in [4.78, 5) is 24.0. The van der Waals surface area contributed by atoms with Crippen molar-refractivity contribution in [1.82, 2.24) is 0 Å². The molecule has 0 unspecified atom stereocenters. The first-order valence-corrected chi connectivity index (χ1v) is 8.14. The van der Waals surface area contributed by atoms with E-state index >= 15 is 0 Å². The van der Waals surface area contributed by atoms with E-state index in [0.717, 1.165) is 42.6 Å². The highest BCUT2D eigenvalue weighted by atomic mass is 16.2. The standard InChI is InChI=1S/C18H24N2O2/c1-4-6-13(7-5-2)18(22)19-15-9-10-16-14(12-15)8-11-17(21)20(16)3/h9-10,12-13H,3-8,11H2,1-2H3/p+1. The number of hydrogen-bond acceptors (Lipinski definition) is 2. The lowest BCUT2D eigenvalue weighted by molar-refractivity contribution is -0.363. The molecule has 1 aromatic carbocycles. The minimum Gasteiger partial charge on any atom is -0.326 e. The molecule has 1 heterocycles. The van der Waals surface area contributed by atoms with E-state index in [2.05, 4.69) is 25.9 Å². The Balaban J connectivity index is 2.12. The molecular weight excluding hydrogens is 276 g/mol. The molecule has 22 heavy (non-hydrogen) atoms. The number of hydrogen-bond donors (Lipinski definition) is 1. The third-order valence-electron chi connectivity index (χ3n) is 4.19. The fraction of sp³-hybridized carbons (Fsp3) is 0.500. The van der Waals surface area contributed by atoms with Crippen molar-refractivity contribution in [1.29, 1.82) is 0 Å². The van der Waals surface area contributed by atoms with Crippen LogP contribution in [0.25, 0.3) is 0 Å². The Kier molecular flexibility index (Phi) is 5.47. The minimum absolute atomic E-state index is 0.0373. The Bertz CT molecular complexity index is 587. The van der Waals surface area contributed by atoms with E-state index in [9.17, 15) is 9.59 Å². The maximum Gasteiger partial charge on any atom is 0.392 e. The zero-order valence-electron chi connectivity index (χ0n) is 13.5. The maximum absolute atomic E-state index is 12.4. The van der Waals surface area contributed by atoms with Crippen LogP contribution in [0.5, 0.6) is 0 Å². The van der Waals surface area contributed by atoms with Crippen molar-refractivity contribution in [2.45, 2.75) is 52.4 Å². The fourth-order valence-corrected chi connectivity index (χ4v) is 2.99. The Hall–Kier alpha value is -1.97. The molecule has 1 N–H and O–H groups in total. The summed E-state index contributed by atoms with van der Waals surface area (Å²) < 4.78 is 1.45. The average Bonchev–Trinajstić information content (AvgIpc) is 2.51. The van der Waals surface area contributed by atoms with Gasteiger partial charge >= 0.3 is 5.91 Å². The molecule has 0 radical (unpaired) electrons. The summed E-state index contributed by atoms with van der Waals surface area (Å²) in [6.07, 6.45) is 5.05. The van der Waals surface area contributed by atoms with Crippen LogP contribution >= 0.6 is 0 Å². The number of aryl methyl sites for hydroxylation is 1. The first-order chi connectivity index (χ1) is 10.6. The molecular formula is C18H25N2O2+. The molecule has 0 fully saturated rings. The van der Waals surface area contributed by atoms with Gasteiger partial charge in [0.05, 0.1) is 6.42 Å². The third kappa shape index (κ3) is 3.62. The van der Waals surface area contributed by atoms with Gasteiger partial charge in [0.2, 0.25) is 11.6 Å². The molecule has 2 amide bonds. The summed E-state index contributed by atoms with van der Waals surface area (Å²) in [7, 11) is 0. The van der Waals surface area contributed by atoms with Crippen LogP contribution in [0.3, 0.4) is 0 Å². The van der Waals surface area contributed by atoms with Crippen LogP contribution < -0.4 is 5.32 Å². The van der Waals surface area contributed by atoms with E-state index < -0.39 is 0 Å². The van der Waals surface area contributed by atoms with Crippen LogP contribution in [0.4, 0.5) is 11.4 Å². The van der Waals surface area contributed by atoms with E-state index in [1.807, 2.05) is 18.2 Å². The number of amides is 2. The van der Waals surface area contributed by atoms with Crippen molar-refractivity contribution >= 4 is 29.9 Å². The van der Waals surface area contributed by atoms with Crippen molar-refractivity contribution in [3.05, 3.63) is 23.8 Å². The van der Waals surface area contributed by atoms with Gasteiger partial charge in [0.1, 0.15) is 6.72 Å². The van der Waals surface area contributed by atoms with Crippen LogP contribution in [0.15, 0.2) is 18.2 Å². The van der Waals surface area contributed by atoms with Crippen LogP contribution in [-0.4, -0.2) is 23.1 Å². The van der Waals surface area contributed by atoms with E-state index in [1.165, 1.54) is 4.58 Å². The molecule has 4 nitrogen and oxygen atoms in total. The number of benzene rings is 1. The summed E-state index contributed by atoms with van der Waals surface area (Å²) in [6, 6.07) is 5.68. The topological polar surface area (TPSA) is 49.2 Å². The Morgan fingerprint density at radius 2 is 1.95 bits per heavy atom. The number of nitrogens with zero attached hydrogens (tertiary/aromatic N) is 1. The molecule has 1 aliphatic rings. The van der Waals surface area contributed by atoms with Gasteiger partial charge in [-0.3, -0.25) is 4.79 Å². The highest BCUT2D eigenvalue weighted by Gasteiger charge is 2.27. The molecule has 0 atom stereocenters. The second kappa shape index (κ2) is 7.34. The first kappa shape index (κ1) is 16.4. The van der Waals surface area contributed by atoms with Gasteiger partial charge in [-0.25, -0.2) is 4.79 Å². The predicted molar refractivity (Wildman–Crippen MR) is 88.7 cm³/mol. The van der Waals surface area contributed by atoms with E-state index in [0.29, 0.717) is 12.8 Å². The van der Waals surface area contributed by atoms with Crippen molar-refractivity contribution in [2.24, 2.45) is 5.92 Å². The molecule has 0 bridgehead atoms. The summed E-state index contributed by atoms with van der Waals surface area (Å²) in [5.74, 6) is 0.217. The lowest BCUT2D eigenvalue weighted by Gasteiger charge is -2.17. The first-order valence-electron chi connectivity index (χ1n) is 8.14. The predicted octanol–water partition coefficient (Wildman–Crippen LogP) is 3.66. The number of rotatable bonds is 6. The number of fused-ring (bicyclic) bond motifs is 1. The Morgan fingerprint density at radius 1 is 1.27 bits per heavy atom. The normalized spacial score (nSPS) is 14.1. The van der Waals surface area contributed by atoms with Gasteiger partial charge in [0.15, 0.2) is 0 Å². The SMILES string of the molecule is C=[N+]1C(=O)CCc2cc(NC(=O)C(CCC)CCC)ccc21. The molecule has 118 valence electrons. The van der Waals surface area contributed by atoms with E-state index in [1.54, 1.807) is 0 Å². The van der Waals surface area contributed by atoms with Crippen molar-refractivity contribution in [3.63, 3.8) is 0 Å². The molecule has 0 aliphatic carbocycles. The van der Waals surface area contributed by atoms with Crippen LogP contribution in [0.1, 0.15) is 51.5 Å². The number of carbonyl (C=O) groups is 2. The lowest BCUT2D eigenvalue weighted by Crippen LogP contribution is -2.24. The molecule has 0 aromatic heterocycles. The third-order valence-corrected chi connectivity index (χ3v) is 4.19. The van der Waals surface area contributed by atoms with Crippen LogP contribution in [0.2, 0.25) is 0 Å². The van der Waals surface area contributed by atoms with Crippen molar-refractivity contribution in [3.8, 4) is 0 Å².